The first-order valence-electron chi connectivity index (χ1n) is 4.36. The van der Waals surface area contributed by atoms with Crippen LogP contribution in [0.15, 0.2) is 6.07 Å². The number of nitrogens with zero attached hydrogens (tertiary/aromatic N) is 1. The third-order valence-electron chi connectivity index (χ3n) is 2.40. The van der Waals surface area contributed by atoms with Gasteiger partial charge >= 0.3 is 0 Å². The molecular weight excluding hydrogens is 193 g/mol. The molecule has 1 aliphatic carbocycles. The summed E-state index contributed by atoms with van der Waals surface area (Å²) in [5.74, 6) is -3.44. The van der Waals surface area contributed by atoms with Gasteiger partial charge in [-0.05, 0) is 18.8 Å². The van der Waals surface area contributed by atoms with E-state index in [4.69, 9.17) is 5.73 Å². The van der Waals surface area contributed by atoms with Gasteiger partial charge in [0.05, 0.1) is 0 Å². The van der Waals surface area contributed by atoms with Crippen molar-refractivity contribution >= 4 is 0 Å². The summed E-state index contributed by atoms with van der Waals surface area (Å²) in [4.78, 5) is 2.73. The van der Waals surface area contributed by atoms with Crippen LogP contribution >= 0.6 is 0 Å². The SMILES string of the molecule is N[C@H](c1cc(F)nc(F)c1F)C1CC1. The van der Waals surface area contributed by atoms with Crippen LogP contribution in [0.25, 0.3) is 0 Å². The first-order chi connectivity index (χ1) is 6.59. The minimum absolute atomic E-state index is 0.113. The van der Waals surface area contributed by atoms with Crippen molar-refractivity contribution in [2.24, 2.45) is 11.7 Å². The van der Waals surface area contributed by atoms with Gasteiger partial charge in [-0.1, -0.05) is 0 Å². The number of rotatable bonds is 2. The minimum Gasteiger partial charge on any atom is -0.324 e. The zero-order valence-corrected chi connectivity index (χ0v) is 7.30. The smallest absolute Gasteiger partial charge is 0.251 e. The number of pyridine rings is 1. The van der Waals surface area contributed by atoms with Gasteiger partial charge in [-0.3, -0.25) is 0 Å². The molecule has 0 bridgehead atoms. The molecule has 14 heavy (non-hydrogen) atoms. The fourth-order valence-corrected chi connectivity index (χ4v) is 1.44. The highest BCUT2D eigenvalue weighted by atomic mass is 19.2. The largest absolute Gasteiger partial charge is 0.324 e. The fraction of sp³-hybridized carbons (Fsp3) is 0.444. The predicted molar refractivity (Wildman–Crippen MR) is 43.8 cm³/mol. The standard InChI is InChI=1S/C9H9F3N2/c10-6-3-5(7(11)9(12)14-6)8(13)4-1-2-4/h3-4,8H,1-2,13H2/t8-/m0/s1. The molecular formula is C9H9F3N2. The van der Waals surface area contributed by atoms with E-state index in [1.807, 2.05) is 0 Å². The number of nitrogens with two attached hydrogens (primary N) is 1. The summed E-state index contributed by atoms with van der Waals surface area (Å²) in [6, 6.07) is 0.239. The molecule has 2 nitrogen and oxygen atoms in total. The second kappa shape index (κ2) is 3.24. The lowest BCUT2D eigenvalue weighted by Crippen LogP contribution is -2.16. The van der Waals surface area contributed by atoms with E-state index in [9.17, 15) is 13.2 Å². The molecule has 1 aromatic heterocycles. The zero-order valence-electron chi connectivity index (χ0n) is 7.30. The van der Waals surface area contributed by atoms with Crippen LogP contribution in [0.3, 0.4) is 0 Å². The Bertz CT molecular complexity index is 363. The molecule has 5 heteroatoms. The van der Waals surface area contributed by atoms with Gasteiger partial charge in [-0.15, -0.1) is 0 Å². The number of hydrogen-bond donors (Lipinski definition) is 1. The molecule has 76 valence electrons. The molecule has 0 amide bonds. The van der Waals surface area contributed by atoms with Gasteiger partial charge in [0.15, 0.2) is 5.82 Å². The number of aromatic nitrogens is 1. The second-order valence-corrected chi connectivity index (χ2v) is 3.50. The van der Waals surface area contributed by atoms with E-state index in [0.717, 1.165) is 18.9 Å². The normalized spacial score (nSPS) is 18.3. The molecule has 1 atom stereocenters. The van der Waals surface area contributed by atoms with E-state index in [-0.39, 0.29) is 11.5 Å². The first kappa shape index (κ1) is 9.45. The van der Waals surface area contributed by atoms with Gasteiger partial charge in [-0.2, -0.15) is 13.8 Å². The van der Waals surface area contributed by atoms with Crippen LogP contribution in [0.5, 0.6) is 0 Å². The van der Waals surface area contributed by atoms with Crippen molar-refractivity contribution in [3.63, 3.8) is 0 Å². The highest BCUT2D eigenvalue weighted by Crippen LogP contribution is 2.40. The van der Waals surface area contributed by atoms with Crippen LogP contribution in [0.4, 0.5) is 13.2 Å². The summed E-state index contributed by atoms with van der Waals surface area (Å²) < 4.78 is 38.5. The van der Waals surface area contributed by atoms with E-state index in [1.54, 1.807) is 0 Å². The summed E-state index contributed by atoms with van der Waals surface area (Å²) in [5.41, 5.74) is 5.52. The van der Waals surface area contributed by atoms with Gasteiger partial charge in [-0.25, -0.2) is 4.39 Å². The number of halogens is 3. The third kappa shape index (κ3) is 1.59. The lowest BCUT2D eigenvalue weighted by molar-refractivity contribution is 0.427. The van der Waals surface area contributed by atoms with Crippen molar-refractivity contribution in [3.8, 4) is 0 Å². The molecule has 1 aliphatic rings. The summed E-state index contributed by atoms with van der Waals surface area (Å²) in [5, 5.41) is 0. The molecule has 1 fully saturated rings. The van der Waals surface area contributed by atoms with Gasteiger partial charge in [0.25, 0.3) is 5.95 Å². The molecule has 0 aromatic carbocycles. The van der Waals surface area contributed by atoms with Gasteiger partial charge in [0.1, 0.15) is 0 Å². The molecule has 2 N–H and O–H groups in total. The van der Waals surface area contributed by atoms with Crippen molar-refractivity contribution in [1.82, 2.24) is 4.98 Å². The molecule has 0 unspecified atom stereocenters. The van der Waals surface area contributed by atoms with E-state index in [1.165, 1.54) is 0 Å². The Morgan fingerprint density at radius 2 is 2.00 bits per heavy atom. The molecule has 0 aliphatic heterocycles. The highest BCUT2D eigenvalue weighted by molar-refractivity contribution is 5.20. The zero-order chi connectivity index (χ0) is 10.3. The highest BCUT2D eigenvalue weighted by Gasteiger charge is 2.32. The lowest BCUT2D eigenvalue weighted by atomic mass is 10.0. The van der Waals surface area contributed by atoms with E-state index in [0.29, 0.717) is 0 Å². The maximum atomic E-state index is 13.1. The summed E-state index contributed by atoms with van der Waals surface area (Å²) >= 11 is 0. The Hall–Kier alpha value is -1.10. The molecule has 0 radical (unpaired) electrons. The van der Waals surface area contributed by atoms with Gasteiger partial charge in [0.2, 0.25) is 5.95 Å². The van der Waals surface area contributed by atoms with Crippen LogP contribution in [-0.4, -0.2) is 4.98 Å². The van der Waals surface area contributed by atoms with Gasteiger partial charge < -0.3 is 5.73 Å². The van der Waals surface area contributed by atoms with Crippen LogP contribution in [0, 0.1) is 23.6 Å². The predicted octanol–water partition coefficient (Wildman–Crippen LogP) is 1.91. The van der Waals surface area contributed by atoms with Crippen LogP contribution in [-0.2, 0) is 0 Å². The van der Waals surface area contributed by atoms with Crippen molar-refractivity contribution in [3.05, 3.63) is 29.3 Å². The topological polar surface area (TPSA) is 38.9 Å². The van der Waals surface area contributed by atoms with Crippen molar-refractivity contribution in [1.29, 1.82) is 0 Å². The maximum absolute atomic E-state index is 13.1. The molecule has 0 saturated heterocycles. The molecule has 1 heterocycles. The summed E-state index contributed by atoms with van der Waals surface area (Å²) in [6.45, 7) is 0. The summed E-state index contributed by atoms with van der Waals surface area (Å²) in [6.07, 6.45) is 1.76. The maximum Gasteiger partial charge on any atom is 0.251 e. The van der Waals surface area contributed by atoms with Crippen LogP contribution < -0.4 is 5.73 Å². The monoisotopic (exact) mass is 202 g/mol. The van der Waals surface area contributed by atoms with E-state index < -0.39 is 23.8 Å². The molecule has 1 aromatic rings. The Morgan fingerprint density at radius 3 is 2.57 bits per heavy atom. The lowest BCUT2D eigenvalue weighted by Gasteiger charge is -2.11. The molecule has 1 saturated carbocycles. The van der Waals surface area contributed by atoms with Crippen molar-refractivity contribution < 1.29 is 13.2 Å². The average Bonchev–Trinajstić information content (AvgIpc) is 2.93. The number of hydrogen-bond acceptors (Lipinski definition) is 2. The fourth-order valence-electron chi connectivity index (χ4n) is 1.44. The average molecular weight is 202 g/mol. The second-order valence-electron chi connectivity index (χ2n) is 3.50. The Morgan fingerprint density at radius 1 is 1.36 bits per heavy atom. The van der Waals surface area contributed by atoms with E-state index in [2.05, 4.69) is 4.98 Å². The van der Waals surface area contributed by atoms with Crippen LogP contribution in [0.1, 0.15) is 24.4 Å². The summed E-state index contributed by atoms with van der Waals surface area (Å²) in [7, 11) is 0. The van der Waals surface area contributed by atoms with Crippen molar-refractivity contribution in [2.75, 3.05) is 0 Å². The van der Waals surface area contributed by atoms with Gasteiger partial charge in [0, 0.05) is 17.7 Å². The van der Waals surface area contributed by atoms with Crippen LogP contribution in [0.2, 0.25) is 0 Å². The Labute approximate surface area is 78.9 Å². The quantitative estimate of drug-likeness (QED) is 0.744. The Balaban J connectivity index is 2.39. The molecule has 2 rings (SSSR count). The third-order valence-corrected chi connectivity index (χ3v) is 2.40. The van der Waals surface area contributed by atoms with Crippen molar-refractivity contribution in [2.45, 2.75) is 18.9 Å². The molecule has 0 spiro atoms. The van der Waals surface area contributed by atoms with E-state index >= 15 is 0 Å². The Kier molecular flexibility index (Phi) is 2.19. The minimum atomic E-state index is -1.42. The first-order valence-corrected chi connectivity index (χ1v) is 4.36.